The first-order valence-electron chi connectivity index (χ1n) is 7.10. The molecule has 2 heteroatoms. The second kappa shape index (κ2) is 6.58. The molecule has 0 aromatic heterocycles. The summed E-state index contributed by atoms with van der Waals surface area (Å²) in [6.45, 7) is 7.43. The van der Waals surface area contributed by atoms with E-state index in [1.165, 1.54) is 22.3 Å². The third kappa shape index (κ3) is 3.02. The van der Waals surface area contributed by atoms with Crippen LogP contribution in [-0.4, -0.2) is 13.7 Å². The van der Waals surface area contributed by atoms with Gasteiger partial charge >= 0.3 is 0 Å². The molecule has 0 spiro atoms. The Labute approximate surface area is 121 Å². The maximum absolute atomic E-state index is 5.24. The lowest BCUT2D eigenvalue weighted by Crippen LogP contribution is -2.23. The van der Waals surface area contributed by atoms with Crippen LogP contribution in [0.4, 0.5) is 0 Å². The van der Waals surface area contributed by atoms with E-state index >= 15 is 0 Å². The third-order valence-corrected chi connectivity index (χ3v) is 3.81. The Morgan fingerprint density at radius 2 is 1.75 bits per heavy atom. The average Bonchev–Trinajstić information content (AvgIpc) is 2.48. The third-order valence-electron chi connectivity index (χ3n) is 3.81. The first kappa shape index (κ1) is 14.6. The number of aryl methyl sites for hydroxylation is 1. The highest BCUT2D eigenvalue weighted by atomic mass is 16.5. The molecule has 0 aliphatic rings. The van der Waals surface area contributed by atoms with Crippen molar-refractivity contribution in [2.24, 2.45) is 0 Å². The normalized spacial score (nSPS) is 12.2. The van der Waals surface area contributed by atoms with E-state index in [4.69, 9.17) is 4.74 Å². The zero-order valence-electron chi connectivity index (χ0n) is 12.7. The Kier molecular flexibility index (Phi) is 4.80. The Balaban J connectivity index is 2.41. The van der Waals surface area contributed by atoms with Crippen LogP contribution in [0.2, 0.25) is 0 Å². The van der Waals surface area contributed by atoms with Crippen LogP contribution in [0.15, 0.2) is 42.5 Å². The molecule has 2 nitrogen and oxygen atoms in total. The molecule has 0 heterocycles. The van der Waals surface area contributed by atoms with Crippen molar-refractivity contribution >= 4 is 0 Å². The van der Waals surface area contributed by atoms with E-state index < -0.39 is 0 Å². The quantitative estimate of drug-likeness (QED) is 0.885. The van der Waals surface area contributed by atoms with Gasteiger partial charge < -0.3 is 10.1 Å². The number of ether oxygens (including phenoxy) is 1. The van der Waals surface area contributed by atoms with Crippen molar-refractivity contribution in [1.82, 2.24) is 5.32 Å². The van der Waals surface area contributed by atoms with Crippen LogP contribution in [0.25, 0.3) is 0 Å². The minimum absolute atomic E-state index is 0.228. The summed E-state index contributed by atoms with van der Waals surface area (Å²) >= 11 is 0. The summed E-state index contributed by atoms with van der Waals surface area (Å²) in [6.07, 6.45) is 0. The number of hydrogen-bond donors (Lipinski definition) is 1. The molecule has 1 atom stereocenters. The SMILES string of the molecule is CCNC(c1ccc(OC)cc1)c1cccc(C)c1C. The standard InChI is InChI=1S/C18H23NO/c1-5-19-18(15-9-11-16(20-4)12-10-15)17-8-6-7-13(2)14(17)3/h6-12,18-19H,5H2,1-4H3. The molecule has 1 unspecified atom stereocenters. The number of benzene rings is 2. The van der Waals surface area contributed by atoms with Crippen LogP contribution in [-0.2, 0) is 0 Å². The van der Waals surface area contributed by atoms with Gasteiger partial charge in [-0.25, -0.2) is 0 Å². The van der Waals surface area contributed by atoms with Gasteiger partial charge in [-0.1, -0.05) is 37.3 Å². The van der Waals surface area contributed by atoms with Gasteiger partial charge in [-0.05, 0) is 54.8 Å². The summed E-state index contributed by atoms with van der Waals surface area (Å²) in [5.74, 6) is 0.893. The maximum Gasteiger partial charge on any atom is 0.118 e. The van der Waals surface area contributed by atoms with Crippen molar-refractivity contribution in [3.63, 3.8) is 0 Å². The van der Waals surface area contributed by atoms with Crippen molar-refractivity contribution in [2.45, 2.75) is 26.8 Å². The maximum atomic E-state index is 5.24. The van der Waals surface area contributed by atoms with E-state index in [0.717, 1.165) is 12.3 Å². The van der Waals surface area contributed by atoms with Crippen LogP contribution in [0, 0.1) is 13.8 Å². The molecular formula is C18H23NO. The van der Waals surface area contributed by atoms with Gasteiger partial charge in [0.1, 0.15) is 5.75 Å². The predicted molar refractivity (Wildman–Crippen MR) is 84.4 cm³/mol. The van der Waals surface area contributed by atoms with Crippen LogP contribution in [0.5, 0.6) is 5.75 Å². The van der Waals surface area contributed by atoms with Gasteiger partial charge in [0.15, 0.2) is 0 Å². The molecular weight excluding hydrogens is 246 g/mol. The molecule has 0 amide bonds. The summed E-state index contributed by atoms with van der Waals surface area (Å²) in [5, 5.41) is 3.58. The molecule has 20 heavy (non-hydrogen) atoms. The minimum Gasteiger partial charge on any atom is -0.497 e. The summed E-state index contributed by atoms with van der Waals surface area (Å²) in [4.78, 5) is 0. The topological polar surface area (TPSA) is 21.3 Å². The fourth-order valence-electron chi connectivity index (χ4n) is 2.49. The Morgan fingerprint density at radius 3 is 2.35 bits per heavy atom. The monoisotopic (exact) mass is 269 g/mol. The molecule has 0 bridgehead atoms. The number of rotatable bonds is 5. The van der Waals surface area contributed by atoms with E-state index in [1.54, 1.807) is 7.11 Å². The van der Waals surface area contributed by atoms with Crippen molar-refractivity contribution in [3.05, 3.63) is 64.7 Å². The fourth-order valence-corrected chi connectivity index (χ4v) is 2.49. The minimum atomic E-state index is 0.228. The molecule has 0 aliphatic carbocycles. The molecule has 1 N–H and O–H groups in total. The summed E-state index contributed by atoms with van der Waals surface area (Å²) in [7, 11) is 1.70. The van der Waals surface area contributed by atoms with Crippen molar-refractivity contribution in [2.75, 3.05) is 13.7 Å². The number of methoxy groups -OCH3 is 1. The lowest BCUT2D eigenvalue weighted by atomic mass is 9.92. The van der Waals surface area contributed by atoms with E-state index in [9.17, 15) is 0 Å². The summed E-state index contributed by atoms with van der Waals surface area (Å²) < 4.78 is 5.24. The largest absolute Gasteiger partial charge is 0.497 e. The van der Waals surface area contributed by atoms with Gasteiger partial charge in [-0.3, -0.25) is 0 Å². The lowest BCUT2D eigenvalue weighted by Gasteiger charge is -2.22. The van der Waals surface area contributed by atoms with Crippen molar-refractivity contribution < 1.29 is 4.74 Å². The van der Waals surface area contributed by atoms with E-state index in [0.29, 0.717) is 0 Å². The second-order valence-corrected chi connectivity index (χ2v) is 5.05. The Hall–Kier alpha value is -1.80. The van der Waals surface area contributed by atoms with Crippen LogP contribution < -0.4 is 10.1 Å². The van der Waals surface area contributed by atoms with Crippen LogP contribution in [0.1, 0.15) is 35.2 Å². The van der Waals surface area contributed by atoms with E-state index in [-0.39, 0.29) is 6.04 Å². The molecule has 0 aliphatic heterocycles. The van der Waals surface area contributed by atoms with Gasteiger partial charge in [0.05, 0.1) is 13.2 Å². The summed E-state index contributed by atoms with van der Waals surface area (Å²) in [6, 6.07) is 15.0. The van der Waals surface area contributed by atoms with E-state index in [2.05, 4.69) is 56.4 Å². The summed E-state index contributed by atoms with van der Waals surface area (Å²) in [5.41, 5.74) is 5.30. The van der Waals surface area contributed by atoms with E-state index in [1.807, 2.05) is 12.1 Å². The van der Waals surface area contributed by atoms with Gasteiger partial charge in [-0.15, -0.1) is 0 Å². The van der Waals surface area contributed by atoms with Crippen molar-refractivity contribution in [3.8, 4) is 5.75 Å². The fraction of sp³-hybridized carbons (Fsp3) is 0.333. The molecule has 0 fully saturated rings. The molecule has 106 valence electrons. The molecule has 0 saturated carbocycles. The van der Waals surface area contributed by atoms with Gasteiger partial charge in [-0.2, -0.15) is 0 Å². The molecule has 0 radical (unpaired) electrons. The van der Waals surface area contributed by atoms with Gasteiger partial charge in [0.25, 0.3) is 0 Å². The molecule has 2 aromatic rings. The van der Waals surface area contributed by atoms with Crippen molar-refractivity contribution in [1.29, 1.82) is 0 Å². The zero-order valence-corrected chi connectivity index (χ0v) is 12.7. The Morgan fingerprint density at radius 1 is 1.05 bits per heavy atom. The Bertz CT molecular complexity index is 560. The highest BCUT2D eigenvalue weighted by Crippen LogP contribution is 2.27. The first-order chi connectivity index (χ1) is 9.67. The number of nitrogens with one attached hydrogen (secondary N) is 1. The first-order valence-corrected chi connectivity index (χ1v) is 7.10. The molecule has 2 aromatic carbocycles. The zero-order chi connectivity index (χ0) is 14.5. The highest BCUT2D eigenvalue weighted by molar-refractivity contribution is 5.41. The highest BCUT2D eigenvalue weighted by Gasteiger charge is 2.15. The molecule has 0 saturated heterocycles. The lowest BCUT2D eigenvalue weighted by molar-refractivity contribution is 0.414. The molecule has 2 rings (SSSR count). The number of hydrogen-bond acceptors (Lipinski definition) is 2. The van der Waals surface area contributed by atoms with Gasteiger partial charge in [0, 0.05) is 0 Å². The van der Waals surface area contributed by atoms with Gasteiger partial charge in [0.2, 0.25) is 0 Å². The smallest absolute Gasteiger partial charge is 0.118 e. The van der Waals surface area contributed by atoms with Crippen LogP contribution >= 0.6 is 0 Å². The second-order valence-electron chi connectivity index (χ2n) is 5.05. The predicted octanol–water partition coefficient (Wildman–Crippen LogP) is 4.01. The van der Waals surface area contributed by atoms with Crippen LogP contribution in [0.3, 0.4) is 0 Å². The average molecular weight is 269 g/mol.